The lowest BCUT2D eigenvalue weighted by atomic mass is 10.0. The van der Waals surface area contributed by atoms with Gasteiger partial charge in [-0.3, -0.25) is 30.4 Å². The Balaban J connectivity index is 2.16. The number of hydrazine groups is 1. The second-order valence-corrected chi connectivity index (χ2v) is 7.39. The van der Waals surface area contributed by atoms with Crippen LogP contribution >= 0.6 is 0 Å². The lowest BCUT2D eigenvalue weighted by Gasteiger charge is -2.27. The second kappa shape index (κ2) is 12.3. The van der Waals surface area contributed by atoms with Crippen LogP contribution < -0.4 is 10.9 Å². The number of alkyl halides is 3. The lowest BCUT2D eigenvalue weighted by molar-refractivity contribution is -0.154. The van der Waals surface area contributed by atoms with Gasteiger partial charge in [0.25, 0.3) is 5.91 Å². The van der Waals surface area contributed by atoms with Gasteiger partial charge in [-0.2, -0.15) is 13.2 Å². The van der Waals surface area contributed by atoms with Crippen LogP contribution in [0.4, 0.5) is 19.1 Å². The van der Waals surface area contributed by atoms with Crippen molar-refractivity contribution < 1.29 is 37.5 Å². The molecule has 1 aliphatic heterocycles. The first-order valence-corrected chi connectivity index (χ1v) is 10.4. The SMILES string of the molecule is CCCCC[C@H](CN(O)C=O)C(=O)NNc1ncc(C(F)(F)F)c(C(=O)N2CCOCC2)n1. The molecule has 0 aliphatic carbocycles. The summed E-state index contributed by atoms with van der Waals surface area (Å²) in [6.07, 6.45) is -1.48. The lowest BCUT2D eigenvalue weighted by Crippen LogP contribution is -2.42. The molecule has 33 heavy (non-hydrogen) atoms. The number of ether oxygens (including phenoxy) is 1. The van der Waals surface area contributed by atoms with Gasteiger partial charge in [0.2, 0.25) is 18.3 Å². The van der Waals surface area contributed by atoms with Crippen LogP contribution in [0.25, 0.3) is 0 Å². The summed E-state index contributed by atoms with van der Waals surface area (Å²) >= 11 is 0. The third-order valence-electron chi connectivity index (χ3n) is 4.95. The van der Waals surface area contributed by atoms with E-state index in [0.29, 0.717) is 24.1 Å². The molecule has 1 aliphatic rings. The molecule has 11 nitrogen and oxygen atoms in total. The van der Waals surface area contributed by atoms with Crippen molar-refractivity contribution in [1.82, 2.24) is 25.4 Å². The number of aromatic nitrogens is 2. The van der Waals surface area contributed by atoms with Crippen LogP contribution in [0, 0.1) is 5.92 Å². The normalized spacial score (nSPS) is 15.0. The summed E-state index contributed by atoms with van der Waals surface area (Å²) < 4.78 is 45.3. The van der Waals surface area contributed by atoms with Crippen LogP contribution in [0.3, 0.4) is 0 Å². The molecule has 1 saturated heterocycles. The molecule has 2 rings (SSSR count). The highest BCUT2D eigenvalue weighted by molar-refractivity contribution is 5.94. The van der Waals surface area contributed by atoms with E-state index in [9.17, 15) is 32.8 Å². The highest BCUT2D eigenvalue weighted by Crippen LogP contribution is 2.31. The van der Waals surface area contributed by atoms with Gasteiger partial charge in [0, 0.05) is 19.3 Å². The third kappa shape index (κ3) is 7.82. The van der Waals surface area contributed by atoms with Crippen molar-refractivity contribution in [2.24, 2.45) is 5.92 Å². The van der Waals surface area contributed by atoms with Crippen molar-refractivity contribution in [3.05, 3.63) is 17.5 Å². The Morgan fingerprint density at radius 1 is 1.33 bits per heavy atom. The smallest absolute Gasteiger partial charge is 0.378 e. The Bertz CT molecular complexity index is 820. The highest BCUT2D eigenvalue weighted by Gasteiger charge is 2.38. The first-order valence-electron chi connectivity index (χ1n) is 10.4. The van der Waals surface area contributed by atoms with Crippen molar-refractivity contribution in [3.63, 3.8) is 0 Å². The monoisotopic (exact) mass is 476 g/mol. The summed E-state index contributed by atoms with van der Waals surface area (Å²) in [5.41, 5.74) is 2.43. The first kappa shape index (κ1) is 26.3. The molecule has 0 spiro atoms. The molecule has 0 radical (unpaired) electrons. The molecule has 3 amide bonds. The number of hydroxylamine groups is 2. The van der Waals surface area contributed by atoms with Gasteiger partial charge in [-0.1, -0.05) is 26.2 Å². The highest BCUT2D eigenvalue weighted by atomic mass is 19.4. The van der Waals surface area contributed by atoms with Gasteiger partial charge in [-0.25, -0.2) is 15.0 Å². The number of halogens is 3. The number of carbonyl (C=O) groups excluding carboxylic acids is 3. The van der Waals surface area contributed by atoms with Crippen molar-refractivity contribution in [1.29, 1.82) is 0 Å². The van der Waals surface area contributed by atoms with E-state index in [1.54, 1.807) is 0 Å². The molecular weight excluding hydrogens is 449 g/mol. The van der Waals surface area contributed by atoms with Crippen molar-refractivity contribution in [2.75, 3.05) is 38.3 Å². The van der Waals surface area contributed by atoms with Gasteiger partial charge >= 0.3 is 6.18 Å². The predicted octanol–water partition coefficient (Wildman–Crippen LogP) is 1.45. The van der Waals surface area contributed by atoms with E-state index in [1.807, 2.05) is 6.92 Å². The Morgan fingerprint density at radius 2 is 2.03 bits per heavy atom. The number of hydrogen-bond acceptors (Lipinski definition) is 8. The van der Waals surface area contributed by atoms with Crippen LogP contribution in [0.5, 0.6) is 0 Å². The number of unbranched alkanes of at least 4 members (excludes halogenated alkanes) is 2. The number of amides is 3. The van der Waals surface area contributed by atoms with Crippen LogP contribution in [0.1, 0.15) is 48.7 Å². The summed E-state index contributed by atoms with van der Waals surface area (Å²) in [7, 11) is 0. The first-order chi connectivity index (χ1) is 15.7. The number of rotatable bonds is 11. The number of nitrogens with one attached hydrogen (secondary N) is 2. The summed E-state index contributed by atoms with van der Waals surface area (Å²) in [5, 5.41) is 9.77. The molecule has 1 atom stereocenters. The minimum atomic E-state index is -4.86. The zero-order valence-electron chi connectivity index (χ0n) is 18.1. The van der Waals surface area contributed by atoms with E-state index in [0.717, 1.165) is 12.8 Å². The molecule has 1 aromatic heterocycles. The predicted molar refractivity (Wildman–Crippen MR) is 108 cm³/mol. The second-order valence-electron chi connectivity index (χ2n) is 7.39. The van der Waals surface area contributed by atoms with Crippen LogP contribution in [0.15, 0.2) is 6.20 Å². The fraction of sp³-hybridized carbons (Fsp3) is 0.632. The third-order valence-corrected chi connectivity index (χ3v) is 4.95. The Morgan fingerprint density at radius 3 is 2.64 bits per heavy atom. The van der Waals surface area contributed by atoms with Crippen LogP contribution in [-0.2, 0) is 20.5 Å². The molecule has 1 fully saturated rings. The van der Waals surface area contributed by atoms with Gasteiger partial charge in [0.1, 0.15) is 11.3 Å². The number of anilines is 1. The zero-order valence-corrected chi connectivity index (χ0v) is 18.1. The number of hydrogen-bond donors (Lipinski definition) is 3. The van der Waals surface area contributed by atoms with E-state index in [1.165, 1.54) is 4.90 Å². The fourth-order valence-corrected chi connectivity index (χ4v) is 3.16. The molecule has 2 heterocycles. The fourth-order valence-electron chi connectivity index (χ4n) is 3.16. The minimum absolute atomic E-state index is 0.119. The molecule has 0 unspecified atom stereocenters. The quantitative estimate of drug-likeness (QED) is 0.189. The molecular formula is C19H27F3N6O5. The van der Waals surface area contributed by atoms with E-state index in [4.69, 9.17) is 4.74 Å². The van der Waals surface area contributed by atoms with E-state index < -0.39 is 41.1 Å². The van der Waals surface area contributed by atoms with Gasteiger partial charge in [-0.15, -0.1) is 0 Å². The molecule has 0 saturated carbocycles. The summed E-state index contributed by atoms with van der Waals surface area (Å²) in [6.45, 7) is 2.33. The van der Waals surface area contributed by atoms with Gasteiger partial charge in [0.05, 0.1) is 25.7 Å². The van der Waals surface area contributed by atoms with Crippen molar-refractivity contribution >= 4 is 24.2 Å². The number of carbonyl (C=O) groups is 3. The van der Waals surface area contributed by atoms with E-state index in [-0.39, 0.29) is 39.3 Å². The molecule has 3 N–H and O–H groups in total. The zero-order chi connectivity index (χ0) is 24.4. The van der Waals surface area contributed by atoms with Crippen molar-refractivity contribution in [2.45, 2.75) is 38.8 Å². The van der Waals surface area contributed by atoms with Crippen molar-refractivity contribution in [3.8, 4) is 0 Å². The maximum absolute atomic E-state index is 13.4. The largest absolute Gasteiger partial charge is 0.420 e. The standard InChI is InChI=1S/C19H27F3N6O5/c1-2-3-4-5-13(11-28(32)12-29)16(30)25-26-18-23-10-14(19(20,21)22)15(24-18)17(31)27-6-8-33-9-7-27/h10,12-13,32H,2-9,11H2,1H3,(H,25,30)(H,23,24,26)/t13-/m1/s1. The Labute approximate surface area is 188 Å². The van der Waals surface area contributed by atoms with Gasteiger partial charge < -0.3 is 9.64 Å². The molecule has 14 heteroatoms. The molecule has 1 aromatic rings. The summed E-state index contributed by atoms with van der Waals surface area (Å²) in [6, 6.07) is 0. The minimum Gasteiger partial charge on any atom is -0.378 e. The maximum Gasteiger partial charge on any atom is 0.420 e. The number of nitrogens with zero attached hydrogens (tertiary/aromatic N) is 4. The van der Waals surface area contributed by atoms with Crippen LogP contribution in [-0.4, -0.2) is 76.2 Å². The summed E-state index contributed by atoms with van der Waals surface area (Å²) in [5.74, 6) is -2.77. The van der Waals surface area contributed by atoms with E-state index in [2.05, 4.69) is 20.8 Å². The summed E-state index contributed by atoms with van der Waals surface area (Å²) in [4.78, 5) is 44.3. The van der Waals surface area contributed by atoms with E-state index >= 15 is 0 Å². The number of morpholine rings is 1. The Kier molecular flexibility index (Phi) is 9.78. The average molecular weight is 476 g/mol. The molecule has 184 valence electrons. The molecule has 0 bridgehead atoms. The van der Waals surface area contributed by atoms with Crippen LogP contribution in [0.2, 0.25) is 0 Å². The maximum atomic E-state index is 13.4. The van der Waals surface area contributed by atoms with Gasteiger partial charge in [-0.05, 0) is 6.42 Å². The average Bonchev–Trinajstić information content (AvgIpc) is 2.81. The topological polar surface area (TPSA) is 137 Å². The van der Waals surface area contributed by atoms with Gasteiger partial charge in [0.15, 0.2) is 0 Å². The Hall–Kier alpha value is -3.00. The molecule has 0 aromatic carbocycles.